The SMILES string of the molecule is CCCCO.CCCCO.c1cc[c]([Ge][c]2ccccc2)cc1. The van der Waals surface area contributed by atoms with Gasteiger partial charge in [0.15, 0.2) is 0 Å². The van der Waals surface area contributed by atoms with Gasteiger partial charge >= 0.3 is 84.9 Å². The minimum atomic E-state index is -0.108. The van der Waals surface area contributed by atoms with Crippen LogP contribution < -0.4 is 8.79 Å². The van der Waals surface area contributed by atoms with Crippen molar-refractivity contribution >= 4 is 24.2 Å². The average molecular weight is 375 g/mol. The molecule has 0 bridgehead atoms. The Labute approximate surface area is 148 Å². The summed E-state index contributed by atoms with van der Waals surface area (Å²) in [6.07, 6.45) is 4.08. The third-order valence-corrected chi connectivity index (χ3v) is 5.47. The van der Waals surface area contributed by atoms with Crippen LogP contribution in [0.25, 0.3) is 0 Å². The second-order valence-electron chi connectivity index (χ2n) is 5.01. The van der Waals surface area contributed by atoms with Crippen LogP contribution in [0.5, 0.6) is 0 Å². The van der Waals surface area contributed by atoms with Crippen LogP contribution in [0.15, 0.2) is 60.7 Å². The van der Waals surface area contributed by atoms with Crippen molar-refractivity contribution in [2.75, 3.05) is 13.2 Å². The van der Waals surface area contributed by atoms with Crippen molar-refractivity contribution in [3.05, 3.63) is 60.7 Å². The summed E-state index contributed by atoms with van der Waals surface area (Å²) in [5.74, 6) is 0. The first-order valence-corrected chi connectivity index (χ1v) is 10.5. The van der Waals surface area contributed by atoms with Crippen molar-refractivity contribution < 1.29 is 10.2 Å². The van der Waals surface area contributed by atoms with Gasteiger partial charge in [-0.05, 0) is 12.8 Å². The van der Waals surface area contributed by atoms with Gasteiger partial charge in [0.05, 0.1) is 0 Å². The van der Waals surface area contributed by atoms with Gasteiger partial charge in [0.25, 0.3) is 0 Å². The van der Waals surface area contributed by atoms with Crippen LogP contribution in [0.3, 0.4) is 0 Å². The first-order chi connectivity index (χ1) is 11.3. The van der Waals surface area contributed by atoms with Gasteiger partial charge in [-0.15, -0.1) is 0 Å². The number of hydrogen-bond donors (Lipinski definition) is 2. The normalized spacial score (nSPS) is 9.22. The molecule has 0 saturated heterocycles. The topological polar surface area (TPSA) is 40.5 Å². The first-order valence-electron chi connectivity index (χ1n) is 8.37. The summed E-state index contributed by atoms with van der Waals surface area (Å²) >= 11 is -0.108. The molecule has 126 valence electrons. The Hall–Kier alpha value is -1.10. The molecule has 0 unspecified atom stereocenters. The molecule has 23 heavy (non-hydrogen) atoms. The molecule has 0 fully saturated rings. The fourth-order valence-corrected chi connectivity index (χ4v) is 3.73. The molecule has 0 aliphatic heterocycles. The number of aliphatic hydroxyl groups excluding tert-OH is 2. The zero-order valence-electron chi connectivity index (χ0n) is 14.4. The maximum absolute atomic E-state index is 8.07. The third kappa shape index (κ3) is 14.2. The van der Waals surface area contributed by atoms with Gasteiger partial charge in [-0.2, -0.15) is 0 Å². The summed E-state index contributed by atoms with van der Waals surface area (Å²) in [6, 6.07) is 21.5. The molecule has 2 radical (unpaired) electrons. The predicted molar refractivity (Wildman–Crippen MR) is 102 cm³/mol. The van der Waals surface area contributed by atoms with Crippen LogP contribution in [0, 0.1) is 0 Å². The van der Waals surface area contributed by atoms with E-state index in [4.69, 9.17) is 10.2 Å². The van der Waals surface area contributed by atoms with Crippen molar-refractivity contribution in [2.24, 2.45) is 0 Å². The van der Waals surface area contributed by atoms with E-state index >= 15 is 0 Å². The molecule has 0 aliphatic rings. The van der Waals surface area contributed by atoms with Gasteiger partial charge in [0.1, 0.15) is 0 Å². The van der Waals surface area contributed by atoms with Crippen molar-refractivity contribution in [3.8, 4) is 0 Å². The van der Waals surface area contributed by atoms with Gasteiger partial charge in [-0.3, -0.25) is 0 Å². The summed E-state index contributed by atoms with van der Waals surface area (Å²) in [5.41, 5.74) is 0. The molecule has 2 aromatic rings. The van der Waals surface area contributed by atoms with Crippen LogP contribution in [0.2, 0.25) is 0 Å². The molecular formula is C20H30GeO2. The van der Waals surface area contributed by atoms with E-state index in [1.54, 1.807) is 0 Å². The van der Waals surface area contributed by atoms with Crippen LogP contribution in [-0.2, 0) is 0 Å². The zero-order chi connectivity index (χ0) is 17.2. The van der Waals surface area contributed by atoms with Crippen LogP contribution in [-0.4, -0.2) is 38.9 Å². The van der Waals surface area contributed by atoms with Crippen molar-refractivity contribution in [2.45, 2.75) is 39.5 Å². The summed E-state index contributed by atoms with van der Waals surface area (Å²) in [5, 5.41) is 16.1. The van der Waals surface area contributed by atoms with E-state index < -0.39 is 0 Å². The second kappa shape index (κ2) is 17.3. The maximum atomic E-state index is 8.07. The fourth-order valence-electron chi connectivity index (χ4n) is 1.53. The molecule has 2 rings (SSSR count). The molecule has 2 nitrogen and oxygen atoms in total. The van der Waals surface area contributed by atoms with E-state index in [0.717, 1.165) is 25.7 Å². The van der Waals surface area contributed by atoms with E-state index in [0.29, 0.717) is 13.2 Å². The monoisotopic (exact) mass is 376 g/mol. The van der Waals surface area contributed by atoms with Crippen LogP contribution in [0.4, 0.5) is 0 Å². The molecule has 3 heteroatoms. The molecule has 2 N–H and O–H groups in total. The Balaban J connectivity index is 0.000000406. The number of hydrogen-bond acceptors (Lipinski definition) is 2. The summed E-state index contributed by atoms with van der Waals surface area (Å²) < 4.78 is 2.99. The standard InChI is InChI=1S/C12H10Ge.2C4H10O/c1-3-7-11(8-4-1)13-12-9-5-2-6-10-12;2*1-2-3-4-5/h1-10H;2*5H,2-4H2,1H3. The second-order valence-corrected chi connectivity index (χ2v) is 7.96. The van der Waals surface area contributed by atoms with E-state index in [9.17, 15) is 0 Å². The Morgan fingerprint density at radius 3 is 1.22 bits per heavy atom. The van der Waals surface area contributed by atoms with E-state index in [2.05, 4.69) is 74.5 Å². The van der Waals surface area contributed by atoms with Gasteiger partial charge in [0, 0.05) is 13.2 Å². The summed E-state index contributed by atoms with van der Waals surface area (Å²) in [6.45, 7) is 4.79. The molecule has 0 atom stereocenters. The number of benzene rings is 2. The van der Waals surface area contributed by atoms with E-state index in [-0.39, 0.29) is 15.4 Å². The molecule has 0 saturated carbocycles. The van der Waals surface area contributed by atoms with Gasteiger partial charge in [0.2, 0.25) is 0 Å². The zero-order valence-corrected chi connectivity index (χ0v) is 16.5. The van der Waals surface area contributed by atoms with Gasteiger partial charge < -0.3 is 10.2 Å². The van der Waals surface area contributed by atoms with E-state index in [1.165, 1.54) is 8.79 Å². The number of aliphatic hydroxyl groups is 2. The Bertz CT molecular complexity index is 398. The molecular weight excluding hydrogens is 345 g/mol. The molecule has 2 aromatic carbocycles. The molecule has 0 aromatic heterocycles. The molecule has 0 spiro atoms. The third-order valence-electron chi connectivity index (χ3n) is 2.86. The fraction of sp³-hybridized carbons (Fsp3) is 0.400. The number of unbranched alkanes of at least 4 members (excludes halogenated alkanes) is 2. The Morgan fingerprint density at radius 2 is 1.00 bits per heavy atom. The number of rotatable bonds is 6. The average Bonchev–Trinajstić information content (AvgIpc) is 2.59. The van der Waals surface area contributed by atoms with Gasteiger partial charge in [-0.25, -0.2) is 0 Å². The predicted octanol–water partition coefficient (Wildman–Crippen LogP) is 2.90. The summed E-state index contributed by atoms with van der Waals surface area (Å²) in [4.78, 5) is 0. The Kier molecular flexibility index (Phi) is 16.4. The minimum absolute atomic E-state index is 0.108. The first kappa shape index (κ1) is 21.9. The molecule has 0 amide bonds. The summed E-state index contributed by atoms with van der Waals surface area (Å²) in [7, 11) is 0. The van der Waals surface area contributed by atoms with Crippen molar-refractivity contribution in [1.29, 1.82) is 0 Å². The van der Waals surface area contributed by atoms with Crippen LogP contribution in [0.1, 0.15) is 39.5 Å². The van der Waals surface area contributed by atoms with E-state index in [1.807, 2.05) is 0 Å². The van der Waals surface area contributed by atoms with Gasteiger partial charge in [-0.1, -0.05) is 26.7 Å². The molecule has 0 heterocycles. The van der Waals surface area contributed by atoms with Crippen LogP contribution >= 0.6 is 0 Å². The quantitative estimate of drug-likeness (QED) is 0.763. The van der Waals surface area contributed by atoms with Crippen molar-refractivity contribution in [1.82, 2.24) is 0 Å². The molecule has 0 aliphatic carbocycles. The Morgan fingerprint density at radius 1 is 0.652 bits per heavy atom. The van der Waals surface area contributed by atoms with Crippen molar-refractivity contribution in [3.63, 3.8) is 0 Å².